The molecule has 0 aromatic carbocycles. The fourth-order valence-corrected chi connectivity index (χ4v) is 6.74. The predicted molar refractivity (Wildman–Crippen MR) is 153 cm³/mol. The summed E-state index contributed by atoms with van der Waals surface area (Å²) in [5.41, 5.74) is 1.51. The number of nitrogens with one attached hydrogen (secondary N) is 2. The number of alkyl halides is 5. The first-order valence-corrected chi connectivity index (χ1v) is 15.8. The van der Waals surface area contributed by atoms with E-state index in [4.69, 9.17) is 19.8 Å². The maximum atomic E-state index is 14.1. The largest absolute Gasteiger partial charge is 0.393 e. The van der Waals surface area contributed by atoms with E-state index in [1.165, 1.54) is 4.52 Å². The topological polar surface area (TPSA) is 128 Å². The van der Waals surface area contributed by atoms with Crippen molar-refractivity contribution in [3.05, 3.63) is 41.2 Å². The Morgan fingerprint density at radius 1 is 1.15 bits per heavy atom. The summed E-state index contributed by atoms with van der Waals surface area (Å²) in [7, 11) is 0. The van der Waals surface area contributed by atoms with E-state index < -0.39 is 48.3 Å². The summed E-state index contributed by atoms with van der Waals surface area (Å²) in [5.74, 6) is -6.57. The maximum absolute atomic E-state index is 14.1. The van der Waals surface area contributed by atoms with E-state index in [0.29, 0.717) is 49.7 Å². The fraction of sp³-hybridized carbons (Fsp3) is 0.667. The first kappa shape index (κ1) is 32.3. The maximum Gasteiger partial charge on any atom is 0.393 e. The molecule has 2 aliphatic heterocycles. The second-order valence-electron chi connectivity index (χ2n) is 12.6. The van der Waals surface area contributed by atoms with E-state index in [1.54, 1.807) is 23.1 Å². The van der Waals surface area contributed by atoms with Crippen LogP contribution in [0.3, 0.4) is 0 Å². The van der Waals surface area contributed by atoms with Crippen molar-refractivity contribution in [2.24, 2.45) is 17.8 Å². The molecule has 6 rings (SSSR count). The Morgan fingerprint density at radius 3 is 2.57 bits per heavy atom. The molecule has 0 unspecified atom stereocenters. The average Bonchev–Trinajstić information content (AvgIpc) is 3.68. The molecular formula is C30H37F5N8O3. The van der Waals surface area contributed by atoms with Gasteiger partial charge in [-0.15, -0.1) is 0 Å². The summed E-state index contributed by atoms with van der Waals surface area (Å²) < 4.78 is 77.5. The van der Waals surface area contributed by atoms with Crippen LogP contribution in [-0.2, 0) is 22.5 Å². The second-order valence-corrected chi connectivity index (χ2v) is 12.6. The number of nitrogens with zero attached hydrogens (tertiary/aromatic N) is 6. The smallest absolute Gasteiger partial charge is 0.381 e. The molecule has 3 atom stereocenters. The van der Waals surface area contributed by atoms with Gasteiger partial charge in [0.05, 0.1) is 35.2 Å². The van der Waals surface area contributed by atoms with Gasteiger partial charge in [-0.1, -0.05) is 0 Å². The van der Waals surface area contributed by atoms with Crippen LogP contribution in [0.1, 0.15) is 91.4 Å². The quantitative estimate of drug-likeness (QED) is 0.346. The molecule has 250 valence electrons. The number of ether oxygens (including phenoxy) is 1. The standard InChI is InChI=1S/C30H37F5N8O3/c1-2-42-10-5-21(40-42)27(45)38-25(17-3-8-29(31,32)9-4-17)23-16-43-28(37-23)39-24(18-6-11-46-12-7-18)22(41-43)14-19-13-20(30(33,34)35)15-36-26(19)44/h5,10,16-20,25H,2-4,6-9,11-15H2,1H3,(H,36,44)(H,38,45)/t19-,20-,25+/m1/s1. The average molecular weight is 653 g/mol. The predicted octanol–water partition coefficient (Wildman–Crippen LogP) is 4.39. The van der Waals surface area contributed by atoms with Crippen molar-refractivity contribution < 1.29 is 36.3 Å². The van der Waals surface area contributed by atoms with E-state index in [0.717, 1.165) is 0 Å². The zero-order chi connectivity index (χ0) is 32.6. The van der Waals surface area contributed by atoms with Crippen molar-refractivity contribution in [2.45, 2.75) is 88.9 Å². The summed E-state index contributed by atoms with van der Waals surface area (Å²) in [5, 5.41) is 14.4. The lowest BCUT2D eigenvalue weighted by molar-refractivity contribution is -0.183. The normalized spacial score (nSPS) is 23.7. The van der Waals surface area contributed by atoms with Gasteiger partial charge in [0, 0.05) is 63.6 Å². The van der Waals surface area contributed by atoms with Gasteiger partial charge in [0.25, 0.3) is 11.7 Å². The van der Waals surface area contributed by atoms with Crippen LogP contribution in [0.4, 0.5) is 22.0 Å². The van der Waals surface area contributed by atoms with Gasteiger partial charge in [0.2, 0.25) is 11.8 Å². The van der Waals surface area contributed by atoms with Crippen molar-refractivity contribution >= 4 is 17.6 Å². The number of aryl methyl sites for hydroxylation is 1. The van der Waals surface area contributed by atoms with Crippen molar-refractivity contribution in [3.8, 4) is 0 Å². The molecule has 0 bridgehead atoms. The monoisotopic (exact) mass is 652 g/mol. The van der Waals surface area contributed by atoms with Gasteiger partial charge >= 0.3 is 6.18 Å². The summed E-state index contributed by atoms with van der Waals surface area (Å²) in [6.07, 6.45) is -0.685. The highest BCUT2D eigenvalue weighted by molar-refractivity contribution is 5.92. The van der Waals surface area contributed by atoms with Gasteiger partial charge in [-0.25, -0.2) is 23.3 Å². The van der Waals surface area contributed by atoms with Crippen LogP contribution in [0.15, 0.2) is 18.5 Å². The lowest BCUT2D eigenvalue weighted by Gasteiger charge is -2.33. The van der Waals surface area contributed by atoms with Crippen LogP contribution < -0.4 is 10.6 Å². The zero-order valence-electron chi connectivity index (χ0n) is 25.4. The first-order valence-electron chi connectivity index (χ1n) is 15.8. The minimum atomic E-state index is -4.44. The molecule has 46 heavy (non-hydrogen) atoms. The number of halogens is 5. The Balaban J connectivity index is 1.35. The molecule has 3 aromatic heterocycles. The Morgan fingerprint density at radius 2 is 1.89 bits per heavy atom. The highest BCUT2D eigenvalue weighted by Gasteiger charge is 2.45. The number of carbonyl (C=O) groups excluding carboxylic acids is 2. The summed E-state index contributed by atoms with van der Waals surface area (Å²) in [6.45, 7) is 2.94. The molecule has 3 aliphatic rings. The number of imidazole rings is 1. The molecule has 11 nitrogen and oxygen atoms in total. The minimum absolute atomic E-state index is 0.0421. The molecule has 2 N–H and O–H groups in total. The van der Waals surface area contributed by atoms with E-state index in [1.807, 2.05) is 6.92 Å². The minimum Gasteiger partial charge on any atom is -0.381 e. The van der Waals surface area contributed by atoms with Crippen molar-refractivity contribution in [3.63, 3.8) is 0 Å². The van der Waals surface area contributed by atoms with Gasteiger partial charge < -0.3 is 15.4 Å². The Bertz CT molecular complexity index is 1560. The summed E-state index contributed by atoms with van der Waals surface area (Å²) in [6, 6.07) is 0.833. The number of hydrogen-bond acceptors (Lipinski definition) is 7. The number of amides is 2. The van der Waals surface area contributed by atoms with Crippen LogP contribution in [0.25, 0.3) is 5.78 Å². The molecule has 0 spiro atoms. The molecule has 1 aliphatic carbocycles. The lowest BCUT2D eigenvalue weighted by atomic mass is 9.81. The third kappa shape index (κ3) is 7.00. The zero-order valence-corrected chi connectivity index (χ0v) is 25.4. The third-order valence-electron chi connectivity index (χ3n) is 9.44. The SMILES string of the molecule is CCn1ccc(C(=O)N[C@H](c2cn3nc(C[C@H]4C[C@@H](C(F)(F)F)CNC4=O)c(C4CCOCC4)nc3n2)C2CCC(F)(F)CC2)n1. The second kappa shape index (κ2) is 12.8. The van der Waals surface area contributed by atoms with Crippen LogP contribution in [0.5, 0.6) is 0 Å². The first-order chi connectivity index (χ1) is 21.9. The number of piperidine rings is 1. The van der Waals surface area contributed by atoms with Crippen LogP contribution in [0.2, 0.25) is 0 Å². The van der Waals surface area contributed by atoms with Crippen molar-refractivity contribution in [2.75, 3.05) is 19.8 Å². The fourth-order valence-electron chi connectivity index (χ4n) is 6.74. The van der Waals surface area contributed by atoms with Crippen molar-refractivity contribution in [1.82, 2.24) is 40.0 Å². The highest BCUT2D eigenvalue weighted by Crippen LogP contribution is 2.42. The lowest BCUT2D eigenvalue weighted by Crippen LogP contribution is -2.47. The Hall–Kier alpha value is -3.69. The van der Waals surface area contributed by atoms with Crippen LogP contribution >= 0.6 is 0 Å². The molecule has 16 heteroatoms. The van der Waals surface area contributed by atoms with Crippen LogP contribution in [0, 0.1) is 17.8 Å². The van der Waals surface area contributed by atoms with Crippen molar-refractivity contribution in [1.29, 1.82) is 0 Å². The number of aromatic nitrogens is 6. The molecule has 2 saturated heterocycles. The van der Waals surface area contributed by atoms with Gasteiger partial charge in [-0.05, 0) is 51.0 Å². The number of rotatable bonds is 8. The highest BCUT2D eigenvalue weighted by atomic mass is 19.4. The summed E-state index contributed by atoms with van der Waals surface area (Å²) in [4.78, 5) is 35.5. The number of carbonyl (C=O) groups is 2. The number of fused-ring (bicyclic) bond motifs is 1. The van der Waals surface area contributed by atoms with Gasteiger partial charge in [0.15, 0.2) is 0 Å². The third-order valence-corrected chi connectivity index (χ3v) is 9.44. The van der Waals surface area contributed by atoms with E-state index in [-0.39, 0.29) is 61.8 Å². The van der Waals surface area contributed by atoms with Gasteiger partial charge in [0.1, 0.15) is 5.69 Å². The van der Waals surface area contributed by atoms with E-state index in [9.17, 15) is 31.5 Å². The Labute approximate surface area is 261 Å². The van der Waals surface area contributed by atoms with Gasteiger partial charge in [-0.2, -0.15) is 23.4 Å². The molecule has 1 saturated carbocycles. The molecule has 2 amide bonds. The Kier molecular flexibility index (Phi) is 9.00. The molecule has 0 radical (unpaired) electrons. The molecule has 5 heterocycles. The van der Waals surface area contributed by atoms with E-state index in [2.05, 4.69) is 15.7 Å². The van der Waals surface area contributed by atoms with Gasteiger partial charge in [-0.3, -0.25) is 14.3 Å². The summed E-state index contributed by atoms with van der Waals surface area (Å²) >= 11 is 0. The molecule has 3 fully saturated rings. The molecular weight excluding hydrogens is 615 g/mol. The van der Waals surface area contributed by atoms with E-state index >= 15 is 0 Å². The molecule has 3 aromatic rings. The van der Waals surface area contributed by atoms with Crippen LogP contribution in [-0.4, -0.2) is 73.0 Å². The number of hydrogen-bond donors (Lipinski definition) is 2.